The Labute approximate surface area is 66.4 Å². The SMILES string of the molecule is CC1(C)C[C@](C)(C#N)NC1=O. The summed E-state index contributed by atoms with van der Waals surface area (Å²) in [6.45, 7) is 5.45. The largest absolute Gasteiger partial charge is 0.338 e. The first kappa shape index (κ1) is 8.06. The van der Waals surface area contributed by atoms with E-state index >= 15 is 0 Å². The summed E-state index contributed by atoms with van der Waals surface area (Å²) < 4.78 is 0. The summed E-state index contributed by atoms with van der Waals surface area (Å²) in [6, 6.07) is 2.09. The molecule has 0 unspecified atom stereocenters. The Bertz CT molecular complexity index is 239. The Balaban J connectivity index is 2.90. The van der Waals surface area contributed by atoms with Crippen LogP contribution in [0.2, 0.25) is 0 Å². The molecule has 1 rings (SSSR count). The van der Waals surface area contributed by atoms with Gasteiger partial charge in [0, 0.05) is 5.41 Å². The molecule has 1 fully saturated rings. The van der Waals surface area contributed by atoms with Gasteiger partial charge in [-0.05, 0) is 13.3 Å². The lowest BCUT2D eigenvalue weighted by molar-refractivity contribution is -0.126. The Hall–Kier alpha value is -1.04. The third kappa shape index (κ3) is 1.21. The van der Waals surface area contributed by atoms with Crippen LogP contribution in [0.5, 0.6) is 0 Å². The molecule has 1 heterocycles. The molecule has 0 saturated carbocycles. The van der Waals surface area contributed by atoms with Crippen LogP contribution in [0.1, 0.15) is 27.2 Å². The smallest absolute Gasteiger partial charge is 0.227 e. The Kier molecular flexibility index (Phi) is 1.45. The fourth-order valence-corrected chi connectivity index (χ4v) is 1.50. The van der Waals surface area contributed by atoms with Crippen molar-refractivity contribution in [2.45, 2.75) is 32.7 Å². The number of hydrogen-bond acceptors (Lipinski definition) is 2. The number of hydrogen-bond donors (Lipinski definition) is 1. The molecule has 1 aliphatic rings. The van der Waals surface area contributed by atoms with Crippen LogP contribution >= 0.6 is 0 Å². The van der Waals surface area contributed by atoms with Crippen LogP contribution in [0.25, 0.3) is 0 Å². The maximum Gasteiger partial charge on any atom is 0.227 e. The quantitative estimate of drug-likeness (QED) is 0.558. The monoisotopic (exact) mass is 152 g/mol. The zero-order valence-corrected chi connectivity index (χ0v) is 7.06. The number of amides is 1. The van der Waals surface area contributed by atoms with Gasteiger partial charge in [-0.15, -0.1) is 0 Å². The van der Waals surface area contributed by atoms with E-state index in [-0.39, 0.29) is 11.3 Å². The molecule has 0 aromatic rings. The minimum atomic E-state index is -0.652. The van der Waals surface area contributed by atoms with Crippen LogP contribution in [0.4, 0.5) is 0 Å². The van der Waals surface area contributed by atoms with E-state index in [2.05, 4.69) is 11.4 Å². The minimum Gasteiger partial charge on any atom is -0.338 e. The van der Waals surface area contributed by atoms with Crippen molar-refractivity contribution < 1.29 is 4.79 Å². The summed E-state index contributed by atoms with van der Waals surface area (Å²) in [6.07, 6.45) is 0.593. The predicted molar refractivity (Wildman–Crippen MR) is 40.6 cm³/mol. The molecule has 1 saturated heterocycles. The lowest BCUT2D eigenvalue weighted by Crippen LogP contribution is -2.36. The minimum absolute atomic E-state index is 0.0263. The van der Waals surface area contributed by atoms with Gasteiger partial charge < -0.3 is 5.32 Å². The summed E-state index contributed by atoms with van der Waals surface area (Å²) in [5, 5.41) is 11.4. The lowest BCUT2D eigenvalue weighted by atomic mass is 9.85. The van der Waals surface area contributed by atoms with Crippen LogP contribution in [0, 0.1) is 16.7 Å². The number of carbonyl (C=O) groups excluding carboxylic acids is 1. The molecular formula is C8H12N2O. The average molecular weight is 152 g/mol. The summed E-state index contributed by atoms with van der Waals surface area (Å²) in [4.78, 5) is 11.2. The van der Waals surface area contributed by atoms with Crippen molar-refractivity contribution in [1.82, 2.24) is 5.32 Å². The molecule has 0 bridgehead atoms. The van der Waals surface area contributed by atoms with Gasteiger partial charge in [0.05, 0.1) is 6.07 Å². The van der Waals surface area contributed by atoms with Crippen molar-refractivity contribution in [1.29, 1.82) is 5.26 Å². The lowest BCUT2D eigenvalue weighted by Gasteiger charge is -2.14. The highest BCUT2D eigenvalue weighted by Gasteiger charge is 2.46. The third-order valence-electron chi connectivity index (χ3n) is 2.05. The molecule has 3 heteroatoms. The van der Waals surface area contributed by atoms with Gasteiger partial charge in [0.15, 0.2) is 0 Å². The molecule has 3 nitrogen and oxygen atoms in total. The second kappa shape index (κ2) is 1.97. The van der Waals surface area contributed by atoms with E-state index in [1.165, 1.54) is 0 Å². The number of nitrogens with zero attached hydrogens (tertiary/aromatic N) is 1. The fraction of sp³-hybridized carbons (Fsp3) is 0.750. The van der Waals surface area contributed by atoms with Gasteiger partial charge in [0.2, 0.25) is 5.91 Å². The Morgan fingerprint density at radius 1 is 1.55 bits per heavy atom. The third-order valence-corrected chi connectivity index (χ3v) is 2.05. The fourth-order valence-electron chi connectivity index (χ4n) is 1.50. The molecule has 11 heavy (non-hydrogen) atoms. The van der Waals surface area contributed by atoms with Gasteiger partial charge in [-0.2, -0.15) is 5.26 Å². The van der Waals surface area contributed by atoms with Crippen molar-refractivity contribution in [3.05, 3.63) is 0 Å². The van der Waals surface area contributed by atoms with E-state index in [0.29, 0.717) is 6.42 Å². The number of nitrogens with one attached hydrogen (secondary N) is 1. The van der Waals surface area contributed by atoms with E-state index < -0.39 is 5.54 Å². The summed E-state index contributed by atoms with van der Waals surface area (Å²) in [7, 11) is 0. The first-order chi connectivity index (χ1) is 4.90. The van der Waals surface area contributed by atoms with Crippen molar-refractivity contribution in [3.63, 3.8) is 0 Å². The molecule has 1 N–H and O–H groups in total. The van der Waals surface area contributed by atoms with E-state index in [1.807, 2.05) is 13.8 Å². The predicted octanol–water partition coefficient (Wildman–Crippen LogP) is 0.815. The highest BCUT2D eigenvalue weighted by atomic mass is 16.2. The molecule has 0 radical (unpaired) electrons. The molecule has 1 amide bonds. The maximum absolute atomic E-state index is 11.2. The van der Waals surface area contributed by atoms with Crippen LogP contribution in [-0.4, -0.2) is 11.4 Å². The van der Waals surface area contributed by atoms with Gasteiger partial charge in [-0.25, -0.2) is 0 Å². The van der Waals surface area contributed by atoms with E-state index in [0.717, 1.165) is 0 Å². The molecular weight excluding hydrogens is 140 g/mol. The van der Waals surface area contributed by atoms with Crippen LogP contribution in [0.3, 0.4) is 0 Å². The van der Waals surface area contributed by atoms with Crippen LogP contribution < -0.4 is 5.32 Å². The second-order valence-corrected chi connectivity index (χ2v) is 3.96. The molecule has 0 aromatic heterocycles. The summed E-state index contributed by atoms with van der Waals surface area (Å²) in [5.74, 6) is -0.0263. The normalized spacial score (nSPS) is 34.5. The van der Waals surface area contributed by atoms with E-state index in [1.54, 1.807) is 6.92 Å². The first-order valence-electron chi connectivity index (χ1n) is 3.63. The molecule has 1 atom stereocenters. The molecule has 0 aliphatic carbocycles. The Morgan fingerprint density at radius 2 is 2.09 bits per heavy atom. The highest BCUT2D eigenvalue weighted by molar-refractivity contribution is 5.85. The van der Waals surface area contributed by atoms with Gasteiger partial charge >= 0.3 is 0 Å². The number of rotatable bonds is 0. The van der Waals surface area contributed by atoms with Gasteiger partial charge in [0.25, 0.3) is 0 Å². The zero-order chi connectivity index (χ0) is 8.70. The van der Waals surface area contributed by atoms with E-state index in [4.69, 9.17) is 5.26 Å². The average Bonchev–Trinajstić information content (AvgIpc) is 2.04. The van der Waals surface area contributed by atoms with E-state index in [9.17, 15) is 4.79 Å². The summed E-state index contributed by atoms with van der Waals surface area (Å²) in [5.41, 5.74) is -1.04. The molecule has 60 valence electrons. The van der Waals surface area contributed by atoms with Gasteiger partial charge in [0.1, 0.15) is 5.54 Å². The Morgan fingerprint density at radius 3 is 2.27 bits per heavy atom. The molecule has 0 spiro atoms. The van der Waals surface area contributed by atoms with Crippen molar-refractivity contribution in [2.75, 3.05) is 0 Å². The summed E-state index contributed by atoms with van der Waals surface area (Å²) >= 11 is 0. The van der Waals surface area contributed by atoms with Crippen molar-refractivity contribution in [3.8, 4) is 6.07 Å². The van der Waals surface area contributed by atoms with Crippen LogP contribution in [0.15, 0.2) is 0 Å². The molecule has 0 aromatic carbocycles. The van der Waals surface area contributed by atoms with Gasteiger partial charge in [-0.1, -0.05) is 13.8 Å². The number of nitriles is 1. The standard InChI is InChI=1S/C8H12N2O/c1-7(2)4-8(3,5-9)10-6(7)11/h4H2,1-3H3,(H,10,11)/t8-/m1/s1. The topological polar surface area (TPSA) is 52.9 Å². The number of carbonyl (C=O) groups is 1. The van der Waals surface area contributed by atoms with Crippen molar-refractivity contribution in [2.24, 2.45) is 5.41 Å². The molecule has 1 aliphatic heterocycles. The zero-order valence-electron chi connectivity index (χ0n) is 7.06. The van der Waals surface area contributed by atoms with Gasteiger partial charge in [-0.3, -0.25) is 4.79 Å². The second-order valence-electron chi connectivity index (χ2n) is 3.96. The van der Waals surface area contributed by atoms with Crippen LogP contribution in [-0.2, 0) is 4.79 Å². The first-order valence-corrected chi connectivity index (χ1v) is 3.63. The van der Waals surface area contributed by atoms with Crippen molar-refractivity contribution >= 4 is 5.91 Å². The maximum atomic E-state index is 11.2. The highest BCUT2D eigenvalue weighted by Crippen LogP contribution is 2.34.